The van der Waals surface area contributed by atoms with Gasteiger partial charge in [0.1, 0.15) is 0 Å². The summed E-state index contributed by atoms with van der Waals surface area (Å²) in [4.78, 5) is 5.76. The Bertz CT molecular complexity index is 548. The lowest BCUT2D eigenvalue weighted by Crippen LogP contribution is -2.09. The molecule has 1 nitrogen and oxygen atoms in total. The lowest BCUT2D eigenvalue weighted by molar-refractivity contribution is 0.586. The first kappa shape index (κ1) is 13.4. The smallest absolute Gasteiger partial charge is 0.0662 e. The summed E-state index contributed by atoms with van der Waals surface area (Å²) in [5, 5.41) is 0. The Balaban J connectivity index is 2.31. The molecule has 2 aromatic rings. The van der Waals surface area contributed by atoms with Crippen LogP contribution in [0.3, 0.4) is 0 Å². The van der Waals surface area contributed by atoms with Crippen molar-refractivity contribution in [2.45, 2.75) is 30.5 Å². The van der Waals surface area contributed by atoms with E-state index in [2.05, 4.69) is 68.7 Å². The van der Waals surface area contributed by atoms with Gasteiger partial charge >= 0.3 is 0 Å². The van der Waals surface area contributed by atoms with E-state index in [4.69, 9.17) is 0 Å². The molecule has 0 saturated heterocycles. The van der Waals surface area contributed by atoms with Crippen molar-refractivity contribution < 1.29 is 0 Å². The molecule has 0 N–H and O–H groups in total. The zero-order chi connectivity index (χ0) is 13.2. The number of nitrogens with zero attached hydrogens (tertiary/aromatic N) is 1. The van der Waals surface area contributed by atoms with E-state index in [1.807, 2.05) is 12.3 Å². The third-order valence-corrected chi connectivity index (χ3v) is 3.92. The Morgan fingerprint density at radius 3 is 2.44 bits per heavy atom. The molecule has 3 heteroatoms. The van der Waals surface area contributed by atoms with E-state index < -0.39 is 0 Å². The van der Waals surface area contributed by atoms with Crippen molar-refractivity contribution in [3.8, 4) is 10.4 Å². The third kappa shape index (κ3) is 3.47. The monoisotopic (exact) mass is 275 g/mol. The summed E-state index contributed by atoms with van der Waals surface area (Å²) >= 11 is 6.22. The first-order valence-corrected chi connectivity index (χ1v) is 7.15. The topological polar surface area (TPSA) is 12.4 Å². The van der Waals surface area contributed by atoms with E-state index in [0.29, 0.717) is 0 Å². The van der Waals surface area contributed by atoms with Crippen molar-refractivity contribution in [2.24, 2.45) is 4.99 Å². The van der Waals surface area contributed by atoms with Gasteiger partial charge in [0.2, 0.25) is 0 Å². The van der Waals surface area contributed by atoms with Gasteiger partial charge in [-0.15, -0.1) is 24.0 Å². The second-order valence-corrected chi connectivity index (χ2v) is 6.97. The first-order chi connectivity index (χ1) is 8.46. The van der Waals surface area contributed by atoms with Crippen molar-refractivity contribution in [1.29, 1.82) is 0 Å². The van der Waals surface area contributed by atoms with Crippen LogP contribution in [0.1, 0.15) is 26.3 Å². The Morgan fingerprint density at radius 1 is 1.17 bits per heavy atom. The maximum Gasteiger partial charge on any atom is 0.0662 e. The van der Waals surface area contributed by atoms with Crippen LogP contribution in [-0.2, 0) is 0 Å². The number of thiol groups is 1. The van der Waals surface area contributed by atoms with Gasteiger partial charge < -0.3 is 0 Å². The number of benzene rings is 1. The van der Waals surface area contributed by atoms with Gasteiger partial charge in [-0.2, -0.15) is 0 Å². The summed E-state index contributed by atoms with van der Waals surface area (Å²) < 4.78 is 1.02. The normalized spacial score (nSPS) is 12.2. The highest BCUT2D eigenvalue weighted by Gasteiger charge is 2.09. The van der Waals surface area contributed by atoms with E-state index in [1.165, 1.54) is 10.4 Å². The third-order valence-electron chi connectivity index (χ3n) is 2.39. The molecule has 0 amide bonds. The molecule has 0 aliphatic rings. The molecule has 1 heterocycles. The molecule has 0 radical (unpaired) electrons. The quantitative estimate of drug-likeness (QED) is 0.590. The summed E-state index contributed by atoms with van der Waals surface area (Å²) in [6.07, 6.45) is 1.92. The van der Waals surface area contributed by atoms with Gasteiger partial charge in [-0.05, 0) is 32.4 Å². The van der Waals surface area contributed by atoms with Crippen LogP contribution in [0.5, 0.6) is 0 Å². The van der Waals surface area contributed by atoms with Gasteiger partial charge in [-0.25, -0.2) is 0 Å². The second-order valence-electron chi connectivity index (χ2n) is 5.17. The highest BCUT2D eigenvalue weighted by atomic mass is 32.2. The van der Waals surface area contributed by atoms with Crippen molar-refractivity contribution in [3.05, 3.63) is 42.0 Å². The zero-order valence-electron chi connectivity index (χ0n) is 10.8. The molecule has 0 unspecified atom stereocenters. The van der Waals surface area contributed by atoms with Crippen LogP contribution in [-0.4, -0.2) is 11.8 Å². The van der Waals surface area contributed by atoms with Crippen LogP contribution in [0.25, 0.3) is 10.4 Å². The minimum atomic E-state index is -0.0466. The summed E-state index contributed by atoms with van der Waals surface area (Å²) in [6, 6.07) is 12.5. The Labute approximate surface area is 118 Å². The lowest BCUT2D eigenvalue weighted by Gasteiger charge is -2.10. The maximum atomic E-state index is 4.53. The first-order valence-electron chi connectivity index (χ1n) is 5.89. The van der Waals surface area contributed by atoms with Crippen LogP contribution in [0, 0.1) is 0 Å². The van der Waals surface area contributed by atoms with E-state index in [0.717, 1.165) is 9.77 Å². The van der Waals surface area contributed by atoms with Crippen molar-refractivity contribution in [1.82, 2.24) is 0 Å². The summed E-state index contributed by atoms with van der Waals surface area (Å²) in [5.41, 5.74) is 2.28. The second kappa shape index (κ2) is 5.29. The lowest BCUT2D eigenvalue weighted by atomic mass is 10.1. The van der Waals surface area contributed by atoms with Gasteiger partial charge in [0.05, 0.1) is 9.75 Å². The van der Waals surface area contributed by atoms with Crippen LogP contribution in [0.15, 0.2) is 45.6 Å². The Morgan fingerprint density at radius 2 is 1.83 bits per heavy atom. The molecule has 0 aliphatic carbocycles. The highest BCUT2D eigenvalue weighted by molar-refractivity contribution is 7.83. The molecule has 0 fully saturated rings. The fourth-order valence-corrected chi connectivity index (χ4v) is 2.79. The van der Waals surface area contributed by atoms with Gasteiger partial charge in [-0.3, -0.25) is 4.99 Å². The average Bonchev–Trinajstić information content (AvgIpc) is 2.68. The molecule has 18 heavy (non-hydrogen) atoms. The molecular weight excluding hydrogens is 258 g/mol. The minimum Gasteiger partial charge on any atom is -0.287 e. The number of hydrogen-bond donors (Lipinski definition) is 1. The average molecular weight is 275 g/mol. The SMILES string of the molecule is CC(C)(C)N=Cc1cc(-c2ccccc2)sc1S. The van der Waals surface area contributed by atoms with Crippen LogP contribution in [0.4, 0.5) is 0 Å². The van der Waals surface area contributed by atoms with Crippen LogP contribution >= 0.6 is 24.0 Å². The van der Waals surface area contributed by atoms with Crippen molar-refractivity contribution in [2.75, 3.05) is 0 Å². The molecule has 1 aromatic carbocycles. The molecule has 94 valence electrons. The van der Waals surface area contributed by atoms with Gasteiger partial charge in [-0.1, -0.05) is 30.3 Å². The number of hydrogen-bond acceptors (Lipinski definition) is 3. The highest BCUT2D eigenvalue weighted by Crippen LogP contribution is 2.33. The van der Waals surface area contributed by atoms with Crippen molar-refractivity contribution >= 4 is 30.2 Å². The van der Waals surface area contributed by atoms with Gasteiger partial charge in [0, 0.05) is 16.7 Å². The molecule has 0 spiro atoms. The summed E-state index contributed by atoms with van der Waals surface area (Å²) in [7, 11) is 0. The fourth-order valence-electron chi connectivity index (χ4n) is 1.50. The molecular formula is C15H17NS2. The predicted octanol–water partition coefficient (Wildman–Crippen LogP) is 4.92. The Kier molecular flexibility index (Phi) is 3.93. The van der Waals surface area contributed by atoms with Crippen molar-refractivity contribution in [3.63, 3.8) is 0 Å². The number of aliphatic imine (C=N–C) groups is 1. The molecule has 0 saturated carbocycles. The summed E-state index contributed by atoms with van der Waals surface area (Å²) in [6.45, 7) is 6.27. The largest absolute Gasteiger partial charge is 0.287 e. The van der Waals surface area contributed by atoms with Crippen LogP contribution < -0.4 is 0 Å². The Hall–Kier alpha value is -1.06. The van der Waals surface area contributed by atoms with Gasteiger partial charge in [0.15, 0.2) is 0 Å². The molecule has 0 aliphatic heterocycles. The van der Waals surface area contributed by atoms with E-state index >= 15 is 0 Å². The molecule has 2 rings (SSSR count). The van der Waals surface area contributed by atoms with E-state index in [1.54, 1.807) is 11.3 Å². The maximum absolute atomic E-state index is 4.53. The minimum absolute atomic E-state index is 0.0466. The van der Waals surface area contributed by atoms with E-state index in [-0.39, 0.29) is 5.54 Å². The molecule has 1 aromatic heterocycles. The molecule has 0 bridgehead atoms. The van der Waals surface area contributed by atoms with Crippen LogP contribution in [0.2, 0.25) is 0 Å². The number of rotatable bonds is 2. The predicted molar refractivity (Wildman–Crippen MR) is 84.4 cm³/mol. The fraction of sp³-hybridized carbons (Fsp3) is 0.267. The standard InChI is InChI=1S/C15H17NS2/c1-15(2,3)16-10-12-9-13(18-14(12)17)11-7-5-4-6-8-11/h4-10,17H,1-3H3. The van der Waals surface area contributed by atoms with Gasteiger partial charge in [0.25, 0.3) is 0 Å². The summed E-state index contributed by atoms with van der Waals surface area (Å²) in [5.74, 6) is 0. The van der Waals surface area contributed by atoms with E-state index in [9.17, 15) is 0 Å². The molecule has 0 atom stereocenters. The number of thiophene rings is 1. The zero-order valence-corrected chi connectivity index (χ0v) is 12.6.